The van der Waals surface area contributed by atoms with Crippen LogP contribution < -0.4 is 16.0 Å². The molecular formula is C21H23N5O2S. The minimum Gasteiger partial charge on any atom is -0.355 e. The zero-order valence-electron chi connectivity index (χ0n) is 16.3. The SMILES string of the molecule is CCNC(=O)[C@H](C)NC(=O)CSc1nc(Nc2ccccc2)c2ccccc2n1. The third-order valence-corrected chi connectivity index (χ3v) is 4.92. The number of hydrogen-bond donors (Lipinski definition) is 3. The molecule has 2 amide bonds. The standard InChI is InChI=1S/C21H23N5O2S/c1-3-22-20(28)14(2)23-18(27)13-29-21-25-17-12-8-7-11-16(17)19(26-21)24-15-9-5-4-6-10-15/h4-12,14H,3,13H2,1-2H3,(H,22,28)(H,23,27)(H,24,25,26)/t14-/m0/s1. The van der Waals surface area contributed by atoms with E-state index in [0.717, 1.165) is 16.6 Å². The van der Waals surface area contributed by atoms with Crippen molar-refractivity contribution in [3.05, 3.63) is 54.6 Å². The van der Waals surface area contributed by atoms with Gasteiger partial charge < -0.3 is 16.0 Å². The largest absolute Gasteiger partial charge is 0.355 e. The van der Waals surface area contributed by atoms with E-state index in [0.29, 0.717) is 17.5 Å². The van der Waals surface area contributed by atoms with Crippen LogP contribution in [-0.2, 0) is 9.59 Å². The average Bonchev–Trinajstić information content (AvgIpc) is 2.73. The van der Waals surface area contributed by atoms with Crippen LogP contribution in [0.4, 0.5) is 11.5 Å². The van der Waals surface area contributed by atoms with Crippen LogP contribution in [0.25, 0.3) is 10.9 Å². The van der Waals surface area contributed by atoms with E-state index >= 15 is 0 Å². The molecule has 1 aromatic heterocycles. The lowest BCUT2D eigenvalue weighted by atomic mass is 10.2. The van der Waals surface area contributed by atoms with Crippen molar-refractivity contribution in [1.29, 1.82) is 0 Å². The Balaban J connectivity index is 1.72. The summed E-state index contributed by atoms with van der Waals surface area (Å²) in [7, 11) is 0. The fraction of sp³-hybridized carbons (Fsp3) is 0.238. The number of aromatic nitrogens is 2. The number of benzene rings is 2. The van der Waals surface area contributed by atoms with Crippen molar-refractivity contribution in [2.24, 2.45) is 0 Å². The van der Waals surface area contributed by atoms with Crippen molar-refractivity contribution in [1.82, 2.24) is 20.6 Å². The van der Waals surface area contributed by atoms with E-state index in [1.54, 1.807) is 6.92 Å². The molecule has 0 unspecified atom stereocenters. The molecule has 0 saturated heterocycles. The molecule has 1 atom stereocenters. The Morgan fingerprint density at radius 2 is 1.76 bits per heavy atom. The Labute approximate surface area is 173 Å². The Kier molecular flexibility index (Phi) is 7.02. The molecule has 7 nitrogen and oxygen atoms in total. The molecule has 0 bridgehead atoms. The van der Waals surface area contributed by atoms with Crippen LogP contribution in [0.3, 0.4) is 0 Å². The quantitative estimate of drug-likeness (QED) is 0.391. The van der Waals surface area contributed by atoms with Crippen LogP contribution in [0.5, 0.6) is 0 Å². The summed E-state index contributed by atoms with van der Waals surface area (Å²) in [6.45, 7) is 4.01. The van der Waals surface area contributed by atoms with E-state index in [4.69, 9.17) is 0 Å². The second-order valence-electron chi connectivity index (χ2n) is 6.34. The lowest BCUT2D eigenvalue weighted by Crippen LogP contribution is -2.45. The maximum atomic E-state index is 12.2. The van der Waals surface area contributed by atoms with Gasteiger partial charge in [0.15, 0.2) is 5.16 Å². The molecule has 1 heterocycles. The Hall–Kier alpha value is -3.13. The lowest BCUT2D eigenvalue weighted by Gasteiger charge is -2.13. The molecule has 3 rings (SSSR count). The summed E-state index contributed by atoms with van der Waals surface area (Å²) in [6, 6.07) is 16.9. The van der Waals surface area contributed by atoms with Gasteiger partial charge in [0.05, 0.1) is 11.3 Å². The first-order chi connectivity index (χ1) is 14.1. The van der Waals surface area contributed by atoms with Gasteiger partial charge in [-0.05, 0) is 38.1 Å². The van der Waals surface area contributed by atoms with Gasteiger partial charge in [0, 0.05) is 17.6 Å². The van der Waals surface area contributed by atoms with E-state index < -0.39 is 6.04 Å². The van der Waals surface area contributed by atoms with Crippen LogP contribution in [-0.4, -0.2) is 40.1 Å². The Morgan fingerprint density at radius 1 is 1.03 bits per heavy atom. The molecule has 3 N–H and O–H groups in total. The summed E-state index contributed by atoms with van der Waals surface area (Å²) in [5.41, 5.74) is 1.71. The van der Waals surface area contributed by atoms with Crippen molar-refractivity contribution in [3.8, 4) is 0 Å². The monoisotopic (exact) mass is 409 g/mol. The topological polar surface area (TPSA) is 96.0 Å². The second-order valence-corrected chi connectivity index (χ2v) is 7.28. The number of rotatable bonds is 8. The summed E-state index contributed by atoms with van der Waals surface area (Å²) in [4.78, 5) is 33.1. The van der Waals surface area contributed by atoms with Crippen molar-refractivity contribution >= 4 is 46.0 Å². The predicted molar refractivity (Wildman–Crippen MR) is 116 cm³/mol. The van der Waals surface area contributed by atoms with Crippen LogP contribution >= 0.6 is 11.8 Å². The van der Waals surface area contributed by atoms with Gasteiger partial charge in [0.1, 0.15) is 11.9 Å². The fourth-order valence-corrected chi connectivity index (χ4v) is 3.34. The Bertz CT molecular complexity index is 997. The van der Waals surface area contributed by atoms with Gasteiger partial charge in [0.2, 0.25) is 11.8 Å². The molecule has 29 heavy (non-hydrogen) atoms. The number of carbonyl (C=O) groups excluding carboxylic acids is 2. The molecule has 0 aliphatic carbocycles. The zero-order chi connectivity index (χ0) is 20.6. The van der Waals surface area contributed by atoms with Crippen molar-refractivity contribution in [3.63, 3.8) is 0 Å². The van der Waals surface area contributed by atoms with Gasteiger partial charge in [-0.2, -0.15) is 0 Å². The first kappa shape index (κ1) is 20.6. The minimum atomic E-state index is -0.587. The van der Waals surface area contributed by atoms with Crippen molar-refractivity contribution in [2.45, 2.75) is 25.0 Å². The number of hydrogen-bond acceptors (Lipinski definition) is 6. The molecule has 8 heteroatoms. The number of nitrogens with zero attached hydrogens (tertiary/aromatic N) is 2. The van der Waals surface area contributed by atoms with Gasteiger partial charge in [-0.15, -0.1) is 0 Å². The highest BCUT2D eigenvalue weighted by atomic mass is 32.2. The molecule has 2 aromatic carbocycles. The highest BCUT2D eigenvalue weighted by Crippen LogP contribution is 2.26. The number of amides is 2. The number of fused-ring (bicyclic) bond motifs is 1. The highest BCUT2D eigenvalue weighted by Gasteiger charge is 2.16. The molecule has 0 aliphatic heterocycles. The number of anilines is 2. The fourth-order valence-electron chi connectivity index (χ4n) is 2.68. The first-order valence-electron chi connectivity index (χ1n) is 9.35. The molecule has 3 aromatic rings. The van der Waals surface area contributed by atoms with Gasteiger partial charge in [-0.3, -0.25) is 9.59 Å². The summed E-state index contributed by atoms with van der Waals surface area (Å²) in [5, 5.41) is 10.1. The maximum absolute atomic E-state index is 12.2. The van der Waals surface area contributed by atoms with E-state index in [9.17, 15) is 9.59 Å². The minimum absolute atomic E-state index is 0.118. The van der Waals surface area contributed by atoms with E-state index in [2.05, 4.69) is 25.9 Å². The van der Waals surface area contributed by atoms with Gasteiger partial charge >= 0.3 is 0 Å². The normalized spacial score (nSPS) is 11.7. The zero-order valence-corrected chi connectivity index (χ0v) is 17.1. The van der Waals surface area contributed by atoms with Gasteiger partial charge in [-0.25, -0.2) is 9.97 Å². The van der Waals surface area contributed by atoms with Crippen LogP contribution in [0.15, 0.2) is 59.8 Å². The predicted octanol–water partition coefficient (Wildman–Crippen LogP) is 3.11. The van der Waals surface area contributed by atoms with E-state index in [1.165, 1.54) is 11.8 Å². The van der Waals surface area contributed by atoms with E-state index in [-0.39, 0.29) is 17.6 Å². The molecule has 0 fully saturated rings. The second kappa shape index (κ2) is 9.88. The average molecular weight is 410 g/mol. The third kappa shape index (κ3) is 5.68. The van der Waals surface area contributed by atoms with Crippen molar-refractivity contribution < 1.29 is 9.59 Å². The van der Waals surface area contributed by atoms with E-state index in [1.807, 2.05) is 61.5 Å². The number of thioether (sulfide) groups is 1. The van der Waals surface area contributed by atoms with Crippen LogP contribution in [0.2, 0.25) is 0 Å². The first-order valence-corrected chi connectivity index (χ1v) is 10.3. The summed E-state index contributed by atoms with van der Waals surface area (Å²) in [6.07, 6.45) is 0. The van der Waals surface area contributed by atoms with Gasteiger partial charge in [-0.1, -0.05) is 42.1 Å². The summed E-state index contributed by atoms with van der Waals surface area (Å²) in [5.74, 6) is 0.345. The van der Waals surface area contributed by atoms with Crippen molar-refractivity contribution in [2.75, 3.05) is 17.6 Å². The smallest absolute Gasteiger partial charge is 0.242 e. The summed E-state index contributed by atoms with van der Waals surface area (Å²) >= 11 is 1.23. The molecule has 0 aliphatic rings. The number of carbonyl (C=O) groups is 2. The molecule has 0 radical (unpaired) electrons. The highest BCUT2D eigenvalue weighted by molar-refractivity contribution is 7.99. The maximum Gasteiger partial charge on any atom is 0.242 e. The molecule has 0 saturated carbocycles. The third-order valence-electron chi connectivity index (χ3n) is 4.07. The number of nitrogens with one attached hydrogen (secondary N) is 3. The molecular weight excluding hydrogens is 386 g/mol. The number of para-hydroxylation sites is 2. The van der Waals surface area contributed by atoms with Gasteiger partial charge in [0.25, 0.3) is 0 Å². The Morgan fingerprint density at radius 3 is 2.52 bits per heavy atom. The lowest BCUT2D eigenvalue weighted by molar-refractivity contribution is -0.127. The van der Waals surface area contributed by atoms with Crippen LogP contribution in [0, 0.1) is 0 Å². The number of likely N-dealkylation sites (N-methyl/N-ethyl adjacent to an activating group) is 1. The molecule has 0 spiro atoms. The van der Waals surface area contributed by atoms with Crippen LogP contribution in [0.1, 0.15) is 13.8 Å². The summed E-state index contributed by atoms with van der Waals surface area (Å²) < 4.78 is 0. The molecule has 150 valence electrons.